The predicted molar refractivity (Wildman–Crippen MR) is 83.3 cm³/mol. The van der Waals surface area contributed by atoms with Gasteiger partial charge in [-0.05, 0) is 29.8 Å². The lowest BCUT2D eigenvalue weighted by Gasteiger charge is -2.42. The van der Waals surface area contributed by atoms with E-state index in [0.29, 0.717) is 6.42 Å². The van der Waals surface area contributed by atoms with Crippen molar-refractivity contribution in [2.45, 2.75) is 18.9 Å². The number of benzene rings is 1. The van der Waals surface area contributed by atoms with Crippen molar-refractivity contribution in [2.24, 2.45) is 0 Å². The standard InChI is InChI=1S/C16H15NO2S/c1-19-12-8-6-11(7-9-12)17-14(10-16(17)18)13-4-2-3-5-15(13)20/h2-4,6-9,14H,5,10H2,1H3. The molecule has 1 aromatic carbocycles. The van der Waals surface area contributed by atoms with Gasteiger partial charge in [0.1, 0.15) is 5.75 Å². The number of β-lactam (4-membered cyclic amide) rings is 1. The van der Waals surface area contributed by atoms with Crippen LogP contribution in [0.5, 0.6) is 5.75 Å². The number of thiocarbonyl (C=S) groups is 1. The molecule has 1 aliphatic heterocycles. The van der Waals surface area contributed by atoms with Crippen molar-refractivity contribution in [2.75, 3.05) is 12.0 Å². The number of amides is 1. The van der Waals surface area contributed by atoms with Crippen LogP contribution in [-0.4, -0.2) is 23.9 Å². The van der Waals surface area contributed by atoms with Crippen molar-refractivity contribution in [3.63, 3.8) is 0 Å². The molecule has 102 valence electrons. The van der Waals surface area contributed by atoms with Gasteiger partial charge in [0, 0.05) is 17.0 Å². The molecule has 0 saturated carbocycles. The summed E-state index contributed by atoms with van der Waals surface area (Å²) in [7, 11) is 1.63. The second kappa shape index (κ2) is 5.21. The smallest absolute Gasteiger partial charge is 0.230 e. The van der Waals surface area contributed by atoms with Crippen molar-refractivity contribution < 1.29 is 9.53 Å². The number of ether oxygens (including phenoxy) is 1. The summed E-state index contributed by atoms with van der Waals surface area (Å²) in [6.07, 6.45) is 7.41. The zero-order valence-electron chi connectivity index (χ0n) is 11.2. The highest BCUT2D eigenvalue weighted by molar-refractivity contribution is 7.80. The summed E-state index contributed by atoms with van der Waals surface area (Å²) < 4.78 is 5.14. The minimum Gasteiger partial charge on any atom is -0.497 e. The minimum absolute atomic E-state index is 0.0772. The molecule has 1 aliphatic carbocycles. The van der Waals surface area contributed by atoms with Crippen LogP contribution in [0.4, 0.5) is 5.69 Å². The van der Waals surface area contributed by atoms with Crippen LogP contribution in [0.3, 0.4) is 0 Å². The van der Waals surface area contributed by atoms with Gasteiger partial charge in [0.05, 0.1) is 19.6 Å². The van der Waals surface area contributed by atoms with Gasteiger partial charge >= 0.3 is 0 Å². The molecule has 1 fully saturated rings. The van der Waals surface area contributed by atoms with Gasteiger partial charge in [-0.25, -0.2) is 0 Å². The molecule has 20 heavy (non-hydrogen) atoms. The van der Waals surface area contributed by atoms with Crippen LogP contribution >= 0.6 is 12.2 Å². The number of nitrogens with zero attached hydrogens (tertiary/aromatic N) is 1. The number of carbonyl (C=O) groups is 1. The molecule has 2 aliphatic rings. The van der Waals surface area contributed by atoms with E-state index in [2.05, 4.69) is 0 Å². The number of anilines is 1. The second-order valence-electron chi connectivity index (χ2n) is 4.86. The molecule has 1 atom stereocenters. The van der Waals surface area contributed by atoms with Crippen LogP contribution in [0.15, 0.2) is 48.1 Å². The summed E-state index contributed by atoms with van der Waals surface area (Å²) >= 11 is 5.41. The number of allylic oxidation sites excluding steroid dienone is 3. The molecule has 1 unspecified atom stereocenters. The molecule has 1 saturated heterocycles. The molecular formula is C16H15NO2S. The first-order valence-corrected chi connectivity index (χ1v) is 6.97. The highest BCUT2D eigenvalue weighted by atomic mass is 32.1. The molecule has 0 radical (unpaired) electrons. The average Bonchev–Trinajstić information content (AvgIpc) is 2.46. The molecule has 0 bridgehead atoms. The van der Waals surface area contributed by atoms with Crippen molar-refractivity contribution in [1.29, 1.82) is 0 Å². The number of carbonyl (C=O) groups excluding carboxylic acids is 1. The third-order valence-electron chi connectivity index (χ3n) is 3.70. The Labute approximate surface area is 123 Å². The topological polar surface area (TPSA) is 29.5 Å². The Bertz CT molecular complexity index is 616. The number of hydrogen-bond donors (Lipinski definition) is 0. The molecule has 1 amide bonds. The first-order valence-electron chi connectivity index (χ1n) is 6.57. The molecule has 0 aromatic heterocycles. The van der Waals surface area contributed by atoms with E-state index in [4.69, 9.17) is 17.0 Å². The Hall–Kier alpha value is -1.94. The molecule has 4 heteroatoms. The third-order valence-corrected chi connectivity index (χ3v) is 4.10. The van der Waals surface area contributed by atoms with Crippen molar-refractivity contribution in [3.8, 4) is 5.75 Å². The maximum absolute atomic E-state index is 12.0. The van der Waals surface area contributed by atoms with Crippen molar-refractivity contribution in [3.05, 3.63) is 48.1 Å². The van der Waals surface area contributed by atoms with Crippen molar-refractivity contribution in [1.82, 2.24) is 0 Å². The van der Waals surface area contributed by atoms with Crippen LogP contribution in [0.1, 0.15) is 12.8 Å². The normalized spacial score (nSPS) is 21.6. The van der Waals surface area contributed by atoms with E-state index in [1.165, 1.54) is 0 Å². The molecule has 1 heterocycles. The fraction of sp³-hybridized carbons (Fsp3) is 0.250. The van der Waals surface area contributed by atoms with Gasteiger partial charge in [-0.1, -0.05) is 30.4 Å². The zero-order valence-corrected chi connectivity index (χ0v) is 12.0. The summed E-state index contributed by atoms with van der Waals surface area (Å²) in [6.45, 7) is 0. The fourth-order valence-electron chi connectivity index (χ4n) is 2.59. The average molecular weight is 285 g/mol. The van der Waals surface area contributed by atoms with Crippen LogP contribution in [-0.2, 0) is 4.79 Å². The van der Waals surface area contributed by atoms with Gasteiger partial charge in [0.25, 0.3) is 0 Å². The van der Waals surface area contributed by atoms with Crippen LogP contribution in [0.2, 0.25) is 0 Å². The first-order chi connectivity index (χ1) is 9.70. The summed E-state index contributed by atoms with van der Waals surface area (Å²) in [5, 5.41) is 0. The Kier molecular flexibility index (Phi) is 3.40. The maximum atomic E-state index is 12.0. The van der Waals surface area contributed by atoms with Gasteiger partial charge in [-0.3, -0.25) is 4.79 Å². The lowest BCUT2D eigenvalue weighted by atomic mass is 9.88. The van der Waals surface area contributed by atoms with E-state index in [1.54, 1.807) is 7.11 Å². The van der Waals surface area contributed by atoms with E-state index in [9.17, 15) is 4.79 Å². The summed E-state index contributed by atoms with van der Waals surface area (Å²) in [6, 6.07) is 7.63. The molecule has 0 N–H and O–H groups in total. The largest absolute Gasteiger partial charge is 0.497 e. The highest BCUT2D eigenvalue weighted by Gasteiger charge is 2.40. The van der Waals surface area contributed by atoms with E-state index in [-0.39, 0.29) is 11.9 Å². The highest BCUT2D eigenvalue weighted by Crippen LogP contribution is 2.34. The van der Waals surface area contributed by atoms with E-state index in [1.807, 2.05) is 47.4 Å². The monoisotopic (exact) mass is 285 g/mol. The molecule has 1 aromatic rings. The summed E-state index contributed by atoms with van der Waals surface area (Å²) in [4.78, 5) is 14.7. The Morgan fingerprint density at radius 1 is 1.30 bits per heavy atom. The Balaban J connectivity index is 1.87. The van der Waals surface area contributed by atoms with Gasteiger partial charge in [0.2, 0.25) is 5.91 Å². The number of rotatable bonds is 3. The zero-order chi connectivity index (χ0) is 14.1. The van der Waals surface area contributed by atoms with Crippen LogP contribution in [0.25, 0.3) is 0 Å². The Morgan fingerprint density at radius 3 is 2.65 bits per heavy atom. The van der Waals surface area contributed by atoms with E-state index in [0.717, 1.165) is 28.3 Å². The van der Waals surface area contributed by atoms with Crippen LogP contribution in [0, 0.1) is 0 Å². The van der Waals surface area contributed by atoms with Gasteiger partial charge < -0.3 is 9.64 Å². The quantitative estimate of drug-likeness (QED) is 0.631. The summed E-state index contributed by atoms with van der Waals surface area (Å²) in [5.74, 6) is 0.923. The molecule has 0 spiro atoms. The second-order valence-corrected chi connectivity index (χ2v) is 5.35. The molecular weight excluding hydrogens is 270 g/mol. The fourth-order valence-corrected chi connectivity index (χ4v) is 2.89. The van der Waals surface area contributed by atoms with Crippen LogP contribution < -0.4 is 9.64 Å². The van der Waals surface area contributed by atoms with Gasteiger partial charge in [-0.2, -0.15) is 0 Å². The first kappa shape index (κ1) is 13.1. The Morgan fingerprint density at radius 2 is 2.05 bits per heavy atom. The minimum atomic E-state index is 0.0772. The maximum Gasteiger partial charge on any atom is 0.230 e. The van der Waals surface area contributed by atoms with Crippen molar-refractivity contribution >= 4 is 28.7 Å². The number of hydrogen-bond acceptors (Lipinski definition) is 3. The molecule has 3 nitrogen and oxygen atoms in total. The lowest BCUT2D eigenvalue weighted by Crippen LogP contribution is -2.55. The van der Waals surface area contributed by atoms with Gasteiger partial charge in [-0.15, -0.1) is 0 Å². The lowest BCUT2D eigenvalue weighted by molar-refractivity contribution is -0.123. The SMILES string of the molecule is COc1ccc(N2C(=O)CC2C2=CC=CCC2=S)cc1. The predicted octanol–water partition coefficient (Wildman–Crippen LogP) is 3.06. The van der Waals surface area contributed by atoms with E-state index >= 15 is 0 Å². The number of methoxy groups -OCH3 is 1. The molecule has 3 rings (SSSR count). The summed E-state index contributed by atoms with van der Waals surface area (Å²) in [5.41, 5.74) is 1.99. The van der Waals surface area contributed by atoms with Gasteiger partial charge in [0.15, 0.2) is 0 Å². The third kappa shape index (κ3) is 2.16. The van der Waals surface area contributed by atoms with E-state index < -0.39 is 0 Å².